The van der Waals surface area contributed by atoms with E-state index in [1.165, 1.54) is 24.3 Å². The highest BCUT2D eigenvalue weighted by Crippen LogP contribution is 2.30. The lowest BCUT2D eigenvalue weighted by atomic mass is 10.1. The molecule has 144 valence electrons. The Labute approximate surface area is 161 Å². The topological polar surface area (TPSA) is 81.4 Å². The first-order chi connectivity index (χ1) is 13.5. The van der Waals surface area contributed by atoms with E-state index in [0.29, 0.717) is 34.2 Å². The van der Waals surface area contributed by atoms with E-state index >= 15 is 0 Å². The number of carbonyl (C=O) groups is 2. The van der Waals surface area contributed by atoms with Gasteiger partial charge < -0.3 is 14.5 Å². The molecule has 0 radical (unpaired) electrons. The Bertz CT molecular complexity index is 996. The highest BCUT2D eigenvalue weighted by Gasteiger charge is 2.17. The third kappa shape index (κ3) is 4.43. The molecular formula is C21H19FN2O4. The zero-order valence-corrected chi connectivity index (χ0v) is 15.5. The van der Waals surface area contributed by atoms with Crippen molar-refractivity contribution >= 4 is 11.7 Å². The van der Waals surface area contributed by atoms with Crippen molar-refractivity contribution in [2.45, 2.75) is 13.3 Å². The Morgan fingerprint density at radius 2 is 1.86 bits per heavy atom. The molecule has 0 fully saturated rings. The van der Waals surface area contributed by atoms with Crippen molar-refractivity contribution < 1.29 is 23.1 Å². The molecule has 0 spiro atoms. The van der Waals surface area contributed by atoms with Crippen LogP contribution in [0.15, 0.2) is 52.9 Å². The van der Waals surface area contributed by atoms with Crippen molar-refractivity contribution in [3.63, 3.8) is 0 Å². The van der Waals surface area contributed by atoms with E-state index in [4.69, 9.17) is 9.15 Å². The zero-order chi connectivity index (χ0) is 20.1. The number of hydrogen-bond donors (Lipinski definition) is 1. The molecule has 0 aliphatic rings. The van der Waals surface area contributed by atoms with Gasteiger partial charge in [-0.2, -0.15) is 0 Å². The van der Waals surface area contributed by atoms with Crippen LogP contribution >= 0.6 is 0 Å². The average Bonchev–Trinajstić information content (AvgIpc) is 3.06. The molecule has 0 unspecified atom stereocenters. The van der Waals surface area contributed by atoms with E-state index in [0.717, 1.165) is 0 Å². The molecule has 3 aromatic rings. The van der Waals surface area contributed by atoms with Gasteiger partial charge in [-0.05, 0) is 43.3 Å². The first-order valence-corrected chi connectivity index (χ1v) is 8.63. The predicted molar refractivity (Wildman–Crippen MR) is 101 cm³/mol. The van der Waals surface area contributed by atoms with E-state index in [9.17, 15) is 14.0 Å². The highest BCUT2D eigenvalue weighted by atomic mass is 19.1. The largest absolute Gasteiger partial charge is 0.496 e. The van der Waals surface area contributed by atoms with Crippen molar-refractivity contribution in [1.82, 2.24) is 10.3 Å². The number of nitrogens with zero attached hydrogens (tertiary/aromatic N) is 1. The summed E-state index contributed by atoms with van der Waals surface area (Å²) in [6.07, 6.45) is -0.0266. The maximum Gasteiger partial charge on any atom is 0.230 e. The lowest BCUT2D eigenvalue weighted by Crippen LogP contribution is -2.31. The lowest BCUT2D eigenvalue weighted by Gasteiger charge is -2.04. The summed E-state index contributed by atoms with van der Waals surface area (Å²) in [4.78, 5) is 28.6. The lowest BCUT2D eigenvalue weighted by molar-refractivity contribution is -0.120. The standard InChI is InChI=1S/C21H19FN2O4/c1-13-17(24-21(28-13)16-5-3-4-6-19(16)27-2)11-20(26)23-12-18(25)14-7-9-15(22)10-8-14/h3-10H,11-12H2,1-2H3,(H,23,26). The zero-order valence-electron chi connectivity index (χ0n) is 15.5. The van der Waals surface area contributed by atoms with Crippen molar-refractivity contribution in [3.05, 3.63) is 71.4 Å². The molecule has 0 aliphatic carbocycles. The van der Waals surface area contributed by atoms with Crippen molar-refractivity contribution in [2.24, 2.45) is 0 Å². The number of aromatic nitrogens is 1. The predicted octanol–water partition coefficient (Wildman–Crippen LogP) is 3.34. The molecule has 28 heavy (non-hydrogen) atoms. The van der Waals surface area contributed by atoms with E-state index in [1.807, 2.05) is 18.2 Å². The molecule has 1 amide bonds. The SMILES string of the molecule is COc1ccccc1-c1nc(CC(=O)NCC(=O)c2ccc(F)cc2)c(C)o1. The van der Waals surface area contributed by atoms with Crippen LogP contribution in [0.1, 0.15) is 21.8 Å². The summed E-state index contributed by atoms with van der Waals surface area (Å²) in [5.41, 5.74) is 1.50. The van der Waals surface area contributed by atoms with E-state index < -0.39 is 5.82 Å². The van der Waals surface area contributed by atoms with Gasteiger partial charge in [0.25, 0.3) is 0 Å². The Balaban J connectivity index is 1.64. The van der Waals surface area contributed by atoms with Crippen molar-refractivity contribution in [2.75, 3.05) is 13.7 Å². The second-order valence-electron chi connectivity index (χ2n) is 6.11. The Morgan fingerprint density at radius 1 is 1.14 bits per heavy atom. The van der Waals surface area contributed by atoms with Crippen molar-refractivity contribution in [3.8, 4) is 17.2 Å². The number of carbonyl (C=O) groups excluding carboxylic acids is 2. The van der Waals surface area contributed by atoms with Gasteiger partial charge in [-0.3, -0.25) is 9.59 Å². The number of rotatable bonds is 7. The van der Waals surface area contributed by atoms with Crippen LogP contribution in [-0.2, 0) is 11.2 Å². The van der Waals surface area contributed by atoms with Gasteiger partial charge in [0, 0.05) is 5.56 Å². The normalized spacial score (nSPS) is 10.5. The molecule has 7 heteroatoms. The summed E-state index contributed by atoms with van der Waals surface area (Å²) in [5, 5.41) is 2.55. The van der Waals surface area contributed by atoms with E-state index in [1.54, 1.807) is 20.1 Å². The maximum atomic E-state index is 12.9. The van der Waals surface area contributed by atoms with Gasteiger partial charge in [-0.1, -0.05) is 12.1 Å². The smallest absolute Gasteiger partial charge is 0.230 e. The highest BCUT2D eigenvalue weighted by molar-refractivity contribution is 5.99. The third-order valence-electron chi connectivity index (χ3n) is 4.17. The fourth-order valence-corrected chi connectivity index (χ4v) is 2.66. The van der Waals surface area contributed by atoms with Crippen LogP contribution in [0, 0.1) is 12.7 Å². The number of amides is 1. The summed E-state index contributed by atoms with van der Waals surface area (Å²) >= 11 is 0. The number of hydrogen-bond acceptors (Lipinski definition) is 5. The van der Waals surface area contributed by atoms with Crippen LogP contribution in [0.25, 0.3) is 11.5 Å². The number of aryl methyl sites for hydroxylation is 1. The number of benzene rings is 2. The molecule has 1 aromatic heterocycles. The molecule has 0 bridgehead atoms. The maximum absolute atomic E-state index is 12.9. The molecule has 1 heterocycles. The Kier molecular flexibility index (Phi) is 5.84. The first kappa shape index (κ1) is 19.3. The van der Waals surface area contributed by atoms with Gasteiger partial charge in [0.15, 0.2) is 5.78 Å². The average molecular weight is 382 g/mol. The first-order valence-electron chi connectivity index (χ1n) is 8.63. The Morgan fingerprint density at radius 3 is 2.57 bits per heavy atom. The summed E-state index contributed by atoms with van der Waals surface area (Å²) in [6.45, 7) is 1.54. The molecule has 6 nitrogen and oxygen atoms in total. The molecular weight excluding hydrogens is 363 g/mol. The van der Waals surface area contributed by atoms with Crippen LogP contribution in [0.4, 0.5) is 4.39 Å². The third-order valence-corrected chi connectivity index (χ3v) is 4.17. The molecule has 3 rings (SSSR count). The second-order valence-corrected chi connectivity index (χ2v) is 6.11. The molecule has 2 aromatic carbocycles. The van der Waals surface area contributed by atoms with Crippen LogP contribution in [0.2, 0.25) is 0 Å². The van der Waals surface area contributed by atoms with Gasteiger partial charge >= 0.3 is 0 Å². The summed E-state index contributed by atoms with van der Waals surface area (Å²) < 4.78 is 23.9. The number of halogens is 1. The minimum Gasteiger partial charge on any atom is -0.496 e. The number of ether oxygens (including phenoxy) is 1. The molecule has 1 N–H and O–H groups in total. The van der Waals surface area contributed by atoms with E-state index in [-0.39, 0.29) is 24.7 Å². The van der Waals surface area contributed by atoms with Crippen LogP contribution in [0.3, 0.4) is 0 Å². The number of oxazole rings is 1. The Hall–Kier alpha value is -3.48. The number of para-hydroxylation sites is 1. The number of Topliss-reactive ketones (excluding diaryl/α,β-unsaturated/α-hetero) is 1. The van der Waals surface area contributed by atoms with Crippen molar-refractivity contribution in [1.29, 1.82) is 0 Å². The summed E-state index contributed by atoms with van der Waals surface area (Å²) in [5.74, 6) is 0.400. The van der Waals surface area contributed by atoms with Gasteiger partial charge in [0.05, 0.1) is 31.3 Å². The van der Waals surface area contributed by atoms with Gasteiger partial charge in [0.2, 0.25) is 11.8 Å². The monoisotopic (exact) mass is 382 g/mol. The summed E-state index contributed by atoms with van der Waals surface area (Å²) in [7, 11) is 1.56. The fraction of sp³-hybridized carbons (Fsp3) is 0.190. The molecule has 0 atom stereocenters. The number of ketones is 1. The minimum atomic E-state index is -0.423. The van der Waals surface area contributed by atoms with E-state index in [2.05, 4.69) is 10.3 Å². The van der Waals surface area contributed by atoms with Gasteiger partial charge in [0.1, 0.15) is 17.3 Å². The number of methoxy groups -OCH3 is 1. The number of nitrogens with one attached hydrogen (secondary N) is 1. The molecule has 0 aliphatic heterocycles. The van der Waals surface area contributed by atoms with Gasteiger partial charge in [-0.15, -0.1) is 0 Å². The fourth-order valence-electron chi connectivity index (χ4n) is 2.66. The van der Waals surface area contributed by atoms with Crippen LogP contribution in [-0.4, -0.2) is 30.3 Å². The summed E-state index contributed by atoms with van der Waals surface area (Å²) in [6, 6.07) is 12.4. The van der Waals surface area contributed by atoms with Crippen LogP contribution < -0.4 is 10.1 Å². The minimum absolute atomic E-state index is 0.0266. The molecule has 0 saturated heterocycles. The van der Waals surface area contributed by atoms with Crippen LogP contribution in [0.5, 0.6) is 5.75 Å². The quantitative estimate of drug-likeness (QED) is 0.634. The second kappa shape index (κ2) is 8.47. The molecule has 0 saturated carbocycles. The van der Waals surface area contributed by atoms with Gasteiger partial charge in [-0.25, -0.2) is 9.37 Å².